The van der Waals surface area contributed by atoms with Gasteiger partial charge >= 0.3 is 6.09 Å². The molecule has 0 radical (unpaired) electrons. The second-order valence-corrected chi connectivity index (χ2v) is 6.73. The molecule has 4 nitrogen and oxygen atoms in total. The van der Waals surface area contributed by atoms with Crippen LogP contribution in [0.5, 0.6) is 0 Å². The van der Waals surface area contributed by atoms with Crippen molar-refractivity contribution in [3.8, 4) is 6.07 Å². The molecule has 0 atom stereocenters. The summed E-state index contributed by atoms with van der Waals surface area (Å²) < 4.78 is 5.47. The lowest BCUT2D eigenvalue weighted by Gasteiger charge is -2.44. The first-order chi connectivity index (χ1) is 9.77. The number of hydrogen-bond acceptors (Lipinski definition) is 3. The molecule has 112 valence electrons. The first kappa shape index (κ1) is 15.7. The summed E-state index contributed by atoms with van der Waals surface area (Å²) >= 11 is 5.90. The molecule has 0 saturated heterocycles. The standard InChI is InChI=1S/C16H19ClN2O2/c1-15(2,3)21-14(20)19(16(11-18)9-4-10-16)13-7-5-12(17)6-8-13/h5-8H,4,9-10H2,1-3H3. The summed E-state index contributed by atoms with van der Waals surface area (Å²) in [6, 6.07) is 9.18. The van der Waals surface area contributed by atoms with Crippen LogP contribution in [-0.2, 0) is 4.74 Å². The highest BCUT2D eigenvalue weighted by Gasteiger charge is 2.47. The summed E-state index contributed by atoms with van der Waals surface area (Å²) in [5.74, 6) is 0. The van der Waals surface area contributed by atoms with E-state index in [-0.39, 0.29) is 0 Å². The van der Waals surface area contributed by atoms with Gasteiger partial charge in [-0.3, -0.25) is 4.90 Å². The van der Waals surface area contributed by atoms with E-state index in [1.165, 1.54) is 4.90 Å². The molecule has 0 spiro atoms. The molecule has 1 saturated carbocycles. The Morgan fingerprint density at radius 1 is 1.33 bits per heavy atom. The molecule has 21 heavy (non-hydrogen) atoms. The maximum absolute atomic E-state index is 12.6. The summed E-state index contributed by atoms with van der Waals surface area (Å²) in [6.07, 6.45) is 1.75. The molecule has 0 aromatic heterocycles. The lowest BCUT2D eigenvalue weighted by Crippen LogP contribution is -2.57. The summed E-state index contributed by atoms with van der Waals surface area (Å²) in [6.45, 7) is 5.43. The molecule has 0 unspecified atom stereocenters. The largest absolute Gasteiger partial charge is 0.443 e. The summed E-state index contributed by atoms with van der Waals surface area (Å²) in [5.41, 5.74) is -0.784. The van der Waals surface area contributed by atoms with Crippen LogP contribution in [0.3, 0.4) is 0 Å². The van der Waals surface area contributed by atoms with Crippen molar-refractivity contribution in [1.29, 1.82) is 5.26 Å². The predicted molar refractivity (Wildman–Crippen MR) is 82.4 cm³/mol. The van der Waals surface area contributed by atoms with E-state index in [0.29, 0.717) is 23.6 Å². The van der Waals surface area contributed by atoms with Crippen molar-refractivity contribution in [2.75, 3.05) is 4.90 Å². The number of nitriles is 1. The lowest BCUT2D eigenvalue weighted by atomic mass is 9.76. The van der Waals surface area contributed by atoms with E-state index in [2.05, 4.69) is 6.07 Å². The first-order valence-corrected chi connectivity index (χ1v) is 7.35. The van der Waals surface area contributed by atoms with Crippen molar-refractivity contribution in [2.24, 2.45) is 0 Å². The van der Waals surface area contributed by atoms with Crippen LogP contribution in [0.25, 0.3) is 0 Å². The fourth-order valence-corrected chi connectivity index (χ4v) is 2.45. The van der Waals surface area contributed by atoms with Crippen LogP contribution in [0.1, 0.15) is 40.0 Å². The van der Waals surface area contributed by atoms with Crippen LogP contribution in [0.4, 0.5) is 10.5 Å². The zero-order valence-corrected chi connectivity index (χ0v) is 13.3. The molecule has 1 aromatic rings. The van der Waals surface area contributed by atoms with Crippen LogP contribution in [0.15, 0.2) is 24.3 Å². The molecule has 2 rings (SSSR count). The van der Waals surface area contributed by atoms with Crippen molar-refractivity contribution >= 4 is 23.4 Å². The normalized spacial score (nSPS) is 16.5. The van der Waals surface area contributed by atoms with Crippen LogP contribution >= 0.6 is 11.6 Å². The Hall–Kier alpha value is -1.73. The molecule has 1 aromatic carbocycles. The minimum absolute atomic E-state index is 0.494. The van der Waals surface area contributed by atoms with Gasteiger partial charge in [0, 0.05) is 10.7 Å². The minimum Gasteiger partial charge on any atom is -0.443 e. The van der Waals surface area contributed by atoms with Gasteiger partial charge in [-0.25, -0.2) is 4.79 Å². The quantitative estimate of drug-likeness (QED) is 0.806. The van der Waals surface area contributed by atoms with Gasteiger partial charge < -0.3 is 4.74 Å². The van der Waals surface area contributed by atoms with Crippen molar-refractivity contribution in [1.82, 2.24) is 0 Å². The Labute approximate surface area is 130 Å². The van der Waals surface area contributed by atoms with E-state index >= 15 is 0 Å². The molecule has 5 heteroatoms. The van der Waals surface area contributed by atoms with Crippen LogP contribution in [-0.4, -0.2) is 17.2 Å². The smallest absolute Gasteiger partial charge is 0.416 e. The Balaban J connectivity index is 2.38. The maximum atomic E-state index is 12.6. The van der Waals surface area contributed by atoms with Gasteiger partial charge in [0.2, 0.25) is 0 Å². The zero-order chi connectivity index (χ0) is 15.7. The molecule has 1 aliphatic rings. The molecule has 0 bridgehead atoms. The van der Waals surface area contributed by atoms with Crippen LogP contribution in [0, 0.1) is 11.3 Å². The van der Waals surface area contributed by atoms with Crippen molar-refractivity contribution in [3.05, 3.63) is 29.3 Å². The number of rotatable bonds is 2. The molecule has 1 fully saturated rings. The molecule has 0 aliphatic heterocycles. The number of nitrogens with zero attached hydrogens (tertiary/aromatic N) is 2. The third kappa shape index (κ3) is 3.30. The van der Waals surface area contributed by atoms with E-state index in [4.69, 9.17) is 16.3 Å². The van der Waals surface area contributed by atoms with E-state index in [0.717, 1.165) is 6.42 Å². The van der Waals surface area contributed by atoms with E-state index in [9.17, 15) is 10.1 Å². The fraction of sp³-hybridized carbons (Fsp3) is 0.500. The third-order valence-electron chi connectivity index (χ3n) is 3.48. The second-order valence-electron chi connectivity index (χ2n) is 6.29. The number of anilines is 1. The molecule has 0 N–H and O–H groups in total. The van der Waals surface area contributed by atoms with Gasteiger partial charge in [0.15, 0.2) is 0 Å². The Morgan fingerprint density at radius 3 is 2.29 bits per heavy atom. The number of hydrogen-bond donors (Lipinski definition) is 0. The highest BCUT2D eigenvalue weighted by molar-refractivity contribution is 6.30. The first-order valence-electron chi connectivity index (χ1n) is 6.97. The maximum Gasteiger partial charge on any atom is 0.416 e. The summed E-state index contributed by atoms with van der Waals surface area (Å²) in [7, 11) is 0. The number of carbonyl (C=O) groups excluding carboxylic acids is 1. The Morgan fingerprint density at radius 2 is 1.90 bits per heavy atom. The SMILES string of the molecule is CC(C)(C)OC(=O)N(c1ccc(Cl)cc1)C1(C#N)CCC1. The molecule has 1 aliphatic carbocycles. The molecular formula is C16H19ClN2O2. The van der Waals surface area contributed by atoms with Crippen molar-refractivity contribution in [2.45, 2.75) is 51.2 Å². The highest BCUT2D eigenvalue weighted by atomic mass is 35.5. The van der Waals surface area contributed by atoms with Crippen LogP contribution in [0.2, 0.25) is 5.02 Å². The minimum atomic E-state index is -0.809. The molecule has 0 heterocycles. The molecule has 1 amide bonds. The van der Waals surface area contributed by atoms with Gasteiger partial charge in [0.1, 0.15) is 11.1 Å². The molecular weight excluding hydrogens is 288 g/mol. The van der Waals surface area contributed by atoms with Gasteiger partial charge in [-0.05, 0) is 64.3 Å². The van der Waals surface area contributed by atoms with Gasteiger partial charge in [0.05, 0.1) is 6.07 Å². The Kier molecular flexibility index (Phi) is 4.15. The predicted octanol–water partition coefficient (Wildman–Crippen LogP) is 4.53. The number of halogens is 1. The number of ether oxygens (including phenoxy) is 1. The van der Waals surface area contributed by atoms with E-state index in [1.807, 2.05) is 20.8 Å². The van der Waals surface area contributed by atoms with E-state index in [1.54, 1.807) is 24.3 Å². The van der Waals surface area contributed by atoms with Crippen molar-refractivity contribution in [3.63, 3.8) is 0 Å². The topological polar surface area (TPSA) is 53.3 Å². The number of carbonyl (C=O) groups is 1. The fourth-order valence-electron chi connectivity index (χ4n) is 2.32. The zero-order valence-electron chi connectivity index (χ0n) is 12.5. The van der Waals surface area contributed by atoms with Gasteiger partial charge in [-0.1, -0.05) is 11.6 Å². The number of amides is 1. The Bertz CT molecular complexity index is 565. The average molecular weight is 307 g/mol. The van der Waals surface area contributed by atoms with Gasteiger partial charge in [0.25, 0.3) is 0 Å². The second kappa shape index (κ2) is 5.57. The van der Waals surface area contributed by atoms with Crippen molar-refractivity contribution < 1.29 is 9.53 Å². The number of benzene rings is 1. The highest BCUT2D eigenvalue weighted by Crippen LogP contribution is 2.41. The average Bonchev–Trinajstić information content (AvgIpc) is 2.33. The van der Waals surface area contributed by atoms with E-state index < -0.39 is 17.2 Å². The lowest BCUT2D eigenvalue weighted by molar-refractivity contribution is 0.0523. The van der Waals surface area contributed by atoms with Gasteiger partial charge in [-0.2, -0.15) is 5.26 Å². The third-order valence-corrected chi connectivity index (χ3v) is 3.73. The summed E-state index contributed by atoms with van der Waals surface area (Å²) in [4.78, 5) is 14.0. The van der Waals surface area contributed by atoms with Gasteiger partial charge in [-0.15, -0.1) is 0 Å². The summed E-state index contributed by atoms with van der Waals surface area (Å²) in [5, 5.41) is 10.1. The van der Waals surface area contributed by atoms with Crippen LogP contribution < -0.4 is 4.90 Å². The monoisotopic (exact) mass is 306 g/mol.